The Balaban J connectivity index is 1.96. The van der Waals surface area contributed by atoms with Crippen molar-refractivity contribution in [1.29, 1.82) is 0 Å². The summed E-state index contributed by atoms with van der Waals surface area (Å²) in [6, 6.07) is 7.45. The molecule has 0 atom stereocenters. The lowest BCUT2D eigenvalue weighted by molar-refractivity contribution is -0.140. The Bertz CT molecular complexity index is 1390. The van der Waals surface area contributed by atoms with Crippen LogP contribution in [0.2, 0.25) is 0 Å². The SMILES string of the molecule is COC(=O)CCn1c(=O)c2c(nc3n(-c4ccc(OC)cc4)c(C)cn23)n(C)c1=O. The van der Waals surface area contributed by atoms with Crippen molar-refractivity contribution in [2.24, 2.45) is 7.05 Å². The van der Waals surface area contributed by atoms with Crippen molar-refractivity contribution in [1.82, 2.24) is 23.1 Å². The third kappa shape index (κ3) is 2.88. The molecule has 3 heterocycles. The molecule has 0 saturated heterocycles. The van der Waals surface area contributed by atoms with Gasteiger partial charge in [0.25, 0.3) is 5.56 Å². The molecule has 30 heavy (non-hydrogen) atoms. The fourth-order valence-electron chi connectivity index (χ4n) is 3.56. The minimum absolute atomic E-state index is 0.0699. The highest BCUT2D eigenvalue weighted by Crippen LogP contribution is 2.22. The third-order valence-electron chi connectivity index (χ3n) is 5.12. The highest BCUT2D eigenvalue weighted by atomic mass is 16.5. The fraction of sp³-hybridized carbons (Fsp3) is 0.300. The number of aryl methyl sites for hydroxylation is 2. The van der Waals surface area contributed by atoms with Gasteiger partial charge in [-0.15, -0.1) is 0 Å². The first-order valence-electron chi connectivity index (χ1n) is 9.28. The molecule has 0 unspecified atom stereocenters. The molecule has 10 nitrogen and oxygen atoms in total. The fourth-order valence-corrected chi connectivity index (χ4v) is 3.56. The van der Waals surface area contributed by atoms with Gasteiger partial charge < -0.3 is 9.47 Å². The van der Waals surface area contributed by atoms with Gasteiger partial charge in [0.2, 0.25) is 5.78 Å². The van der Waals surface area contributed by atoms with Crippen molar-refractivity contribution < 1.29 is 14.3 Å². The molecular weight excluding hydrogens is 390 g/mol. The molecule has 0 amide bonds. The number of benzene rings is 1. The molecule has 4 rings (SSSR count). The van der Waals surface area contributed by atoms with E-state index in [-0.39, 0.29) is 24.1 Å². The van der Waals surface area contributed by atoms with Crippen LogP contribution in [0.4, 0.5) is 0 Å². The summed E-state index contributed by atoms with van der Waals surface area (Å²) in [5.41, 5.74) is 1.21. The smallest absolute Gasteiger partial charge is 0.332 e. The normalized spacial score (nSPS) is 11.3. The number of esters is 1. The minimum atomic E-state index is -0.537. The van der Waals surface area contributed by atoms with Gasteiger partial charge in [-0.25, -0.2) is 4.79 Å². The lowest BCUT2D eigenvalue weighted by atomic mass is 10.3. The van der Waals surface area contributed by atoms with Gasteiger partial charge in [-0.05, 0) is 31.2 Å². The number of ether oxygens (including phenoxy) is 2. The zero-order valence-corrected chi connectivity index (χ0v) is 17.1. The molecule has 10 heteroatoms. The Morgan fingerprint density at radius 1 is 1.13 bits per heavy atom. The van der Waals surface area contributed by atoms with Crippen LogP contribution in [-0.2, 0) is 23.1 Å². The van der Waals surface area contributed by atoms with Crippen LogP contribution in [0.15, 0.2) is 40.1 Å². The topological polar surface area (TPSA) is 102 Å². The van der Waals surface area contributed by atoms with Gasteiger partial charge in [-0.2, -0.15) is 4.98 Å². The predicted molar refractivity (Wildman–Crippen MR) is 109 cm³/mol. The first kappa shape index (κ1) is 19.5. The standard InChI is InChI=1S/C20H21N5O5/c1-12-11-24-16-17(21-19(24)25(12)13-5-7-14(29-3)8-6-13)22(2)20(28)23(18(16)27)10-9-15(26)30-4/h5-8,11H,9-10H2,1-4H3. The van der Waals surface area contributed by atoms with E-state index in [9.17, 15) is 14.4 Å². The molecule has 4 aromatic rings. The summed E-state index contributed by atoms with van der Waals surface area (Å²) in [7, 11) is 4.41. The molecule has 0 N–H and O–H groups in total. The minimum Gasteiger partial charge on any atom is -0.497 e. The molecular formula is C20H21N5O5. The molecule has 0 bridgehead atoms. The molecule has 0 aliphatic carbocycles. The number of aromatic nitrogens is 5. The predicted octanol–water partition coefficient (Wildman–Crippen LogP) is 1.02. The summed E-state index contributed by atoms with van der Waals surface area (Å²) in [5, 5.41) is 0. The van der Waals surface area contributed by atoms with Crippen LogP contribution in [0, 0.1) is 6.92 Å². The second kappa shape index (κ2) is 7.21. The van der Waals surface area contributed by atoms with E-state index >= 15 is 0 Å². The van der Waals surface area contributed by atoms with Gasteiger partial charge in [-0.3, -0.25) is 27.7 Å². The second-order valence-electron chi connectivity index (χ2n) is 6.88. The first-order valence-corrected chi connectivity index (χ1v) is 9.28. The maximum absolute atomic E-state index is 13.1. The maximum atomic E-state index is 13.1. The zero-order chi connectivity index (χ0) is 21.6. The Morgan fingerprint density at radius 2 is 1.83 bits per heavy atom. The molecule has 1 aromatic carbocycles. The van der Waals surface area contributed by atoms with Crippen LogP contribution in [0.3, 0.4) is 0 Å². The Labute approximate surface area is 170 Å². The van der Waals surface area contributed by atoms with Crippen molar-refractivity contribution >= 4 is 22.9 Å². The summed E-state index contributed by atoms with van der Waals surface area (Å²) in [6.07, 6.45) is 1.72. The molecule has 0 aliphatic rings. The Kier molecular flexibility index (Phi) is 4.69. The summed E-state index contributed by atoms with van der Waals surface area (Å²) >= 11 is 0. The van der Waals surface area contributed by atoms with E-state index in [4.69, 9.17) is 4.74 Å². The number of imidazole rings is 2. The second-order valence-corrected chi connectivity index (χ2v) is 6.88. The Hall–Kier alpha value is -3.82. The van der Waals surface area contributed by atoms with Gasteiger partial charge in [0.15, 0.2) is 11.2 Å². The zero-order valence-electron chi connectivity index (χ0n) is 17.1. The monoisotopic (exact) mass is 411 g/mol. The van der Waals surface area contributed by atoms with Gasteiger partial charge in [0.1, 0.15) is 5.75 Å². The highest BCUT2D eigenvalue weighted by molar-refractivity contribution is 5.76. The lowest BCUT2D eigenvalue weighted by Crippen LogP contribution is -2.39. The lowest BCUT2D eigenvalue weighted by Gasteiger charge is -2.07. The number of hydrogen-bond donors (Lipinski definition) is 0. The molecule has 0 fully saturated rings. The van der Waals surface area contributed by atoms with Crippen molar-refractivity contribution in [3.8, 4) is 11.4 Å². The van der Waals surface area contributed by atoms with Crippen molar-refractivity contribution in [2.45, 2.75) is 19.9 Å². The van der Waals surface area contributed by atoms with Crippen molar-refractivity contribution in [2.75, 3.05) is 14.2 Å². The third-order valence-corrected chi connectivity index (χ3v) is 5.12. The highest BCUT2D eigenvalue weighted by Gasteiger charge is 2.21. The van der Waals surface area contributed by atoms with E-state index in [0.717, 1.165) is 21.7 Å². The molecule has 0 radical (unpaired) electrons. The summed E-state index contributed by atoms with van der Waals surface area (Å²) in [5.74, 6) is 0.735. The molecule has 0 saturated carbocycles. The van der Waals surface area contributed by atoms with E-state index in [2.05, 4.69) is 9.72 Å². The number of carbonyl (C=O) groups is 1. The van der Waals surface area contributed by atoms with Crippen molar-refractivity contribution in [3.05, 3.63) is 57.0 Å². The van der Waals surface area contributed by atoms with Gasteiger partial charge >= 0.3 is 11.7 Å². The molecule has 156 valence electrons. The molecule has 0 aliphatic heterocycles. The van der Waals surface area contributed by atoms with E-state index in [1.54, 1.807) is 24.8 Å². The van der Waals surface area contributed by atoms with Gasteiger partial charge in [0, 0.05) is 31.2 Å². The maximum Gasteiger partial charge on any atom is 0.332 e. The Morgan fingerprint density at radius 3 is 2.47 bits per heavy atom. The van der Waals surface area contributed by atoms with Gasteiger partial charge in [0.05, 0.1) is 20.6 Å². The number of rotatable bonds is 5. The average molecular weight is 411 g/mol. The summed E-state index contributed by atoms with van der Waals surface area (Å²) in [4.78, 5) is 41.9. The number of fused-ring (bicyclic) bond motifs is 3. The van der Waals surface area contributed by atoms with Crippen LogP contribution >= 0.6 is 0 Å². The van der Waals surface area contributed by atoms with E-state index < -0.39 is 17.2 Å². The first-order chi connectivity index (χ1) is 14.4. The van der Waals surface area contributed by atoms with E-state index in [0.29, 0.717) is 5.78 Å². The van der Waals surface area contributed by atoms with E-state index in [1.807, 2.05) is 35.8 Å². The van der Waals surface area contributed by atoms with Crippen molar-refractivity contribution in [3.63, 3.8) is 0 Å². The van der Waals surface area contributed by atoms with Crippen LogP contribution in [0.25, 0.3) is 22.6 Å². The molecule has 3 aromatic heterocycles. The number of nitrogens with zero attached hydrogens (tertiary/aromatic N) is 5. The number of hydrogen-bond acceptors (Lipinski definition) is 6. The van der Waals surface area contributed by atoms with Crippen LogP contribution in [0.5, 0.6) is 5.75 Å². The average Bonchev–Trinajstić information content (AvgIpc) is 3.26. The quantitative estimate of drug-likeness (QED) is 0.455. The summed E-state index contributed by atoms with van der Waals surface area (Å²) in [6.45, 7) is 1.84. The van der Waals surface area contributed by atoms with Crippen LogP contribution in [0.1, 0.15) is 12.1 Å². The van der Waals surface area contributed by atoms with E-state index in [1.165, 1.54) is 11.7 Å². The molecule has 0 spiro atoms. The largest absolute Gasteiger partial charge is 0.497 e. The number of carbonyl (C=O) groups excluding carboxylic acids is 1. The number of methoxy groups -OCH3 is 2. The summed E-state index contributed by atoms with van der Waals surface area (Å²) < 4.78 is 15.7. The van der Waals surface area contributed by atoms with Crippen LogP contribution in [-0.4, -0.2) is 43.3 Å². The van der Waals surface area contributed by atoms with Crippen LogP contribution < -0.4 is 16.0 Å². The van der Waals surface area contributed by atoms with Gasteiger partial charge in [-0.1, -0.05) is 0 Å².